The van der Waals surface area contributed by atoms with Crippen molar-refractivity contribution in [1.29, 1.82) is 0 Å². The molecule has 0 unspecified atom stereocenters. The molecule has 0 spiro atoms. The maximum Gasteiger partial charge on any atom is 0.253 e. The number of likely N-dealkylation sites (tertiary alicyclic amines) is 1. The van der Waals surface area contributed by atoms with Gasteiger partial charge < -0.3 is 4.90 Å². The van der Waals surface area contributed by atoms with E-state index in [0.29, 0.717) is 0 Å². The first kappa shape index (κ1) is 10.7. The normalized spacial score (nSPS) is 16.4. The number of carbonyl (C=O) groups is 1. The summed E-state index contributed by atoms with van der Waals surface area (Å²) >= 11 is 1.18. The van der Waals surface area contributed by atoms with Crippen LogP contribution in [0.15, 0.2) is 18.2 Å². The summed E-state index contributed by atoms with van der Waals surface area (Å²) in [5.41, 5.74) is 2.41. The van der Waals surface area contributed by atoms with Gasteiger partial charge in [-0.25, -0.2) is 0 Å². The predicted octanol–water partition coefficient (Wildman–Crippen LogP) is 2.32. The van der Waals surface area contributed by atoms with Gasteiger partial charge in [-0.05, 0) is 37.5 Å². The van der Waals surface area contributed by atoms with Crippen LogP contribution < -0.4 is 0 Å². The smallest absolute Gasteiger partial charge is 0.253 e. The lowest BCUT2D eigenvalue weighted by atomic mass is 10.1. The molecule has 0 saturated carbocycles. The maximum atomic E-state index is 12.2. The van der Waals surface area contributed by atoms with Gasteiger partial charge in [0.05, 0.1) is 11.7 Å². The Balaban J connectivity index is 1.88. The highest BCUT2D eigenvalue weighted by Gasteiger charge is 2.18. The molecule has 1 saturated heterocycles. The molecule has 1 aromatic carbocycles. The number of aromatic nitrogens is 2. The molecule has 0 aliphatic carbocycles. The number of fused-ring (bicyclic) bond motifs is 1. The number of hydrogen-bond donors (Lipinski definition) is 0. The summed E-state index contributed by atoms with van der Waals surface area (Å²) in [5.74, 6) is 0.125. The van der Waals surface area contributed by atoms with Crippen LogP contribution in [0.25, 0.3) is 11.0 Å². The van der Waals surface area contributed by atoms with E-state index in [2.05, 4.69) is 8.75 Å². The Labute approximate surface area is 104 Å². The third-order valence-corrected chi connectivity index (χ3v) is 3.70. The summed E-state index contributed by atoms with van der Waals surface area (Å²) in [5, 5.41) is 0. The monoisotopic (exact) mass is 247 g/mol. The quantitative estimate of drug-likeness (QED) is 0.777. The van der Waals surface area contributed by atoms with Crippen molar-refractivity contribution in [2.45, 2.75) is 19.3 Å². The fraction of sp³-hybridized carbons (Fsp3) is 0.417. The Kier molecular flexibility index (Phi) is 2.76. The first-order chi connectivity index (χ1) is 8.34. The van der Waals surface area contributed by atoms with Crippen LogP contribution in [0.2, 0.25) is 0 Å². The second kappa shape index (κ2) is 4.41. The average molecular weight is 247 g/mol. The molecule has 0 radical (unpaired) electrons. The Morgan fingerprint density at radius 3 is 2.71 bits per heavy atom. The number of nitrogens with zero attached hydrogens (tertiary/aromatic N) is 3. The minimum Gasteiger partial charge on any atom is -0.339 e. The Morgan fingerprint density at radius 2 is 1.88 bits per heavy atom. The Bertz CT molecular complexity index is 545. The lowest BCUT2D eigenvalue weighted by molar-refractivity contribution is 0.0724. The highest BCUT2D eigenvalue weighted by atomic mass is 32.1. The van der Waals surface area contributed by atoms with Gasteiger partial charge in [0, 0.05) is 18.7 Å². The molecule has 2 heterocycles. The fourth-order valence-corrected chi connectivity index (χ4v) is 2.71. The number of hydrogen-bond acceptors (Lipinski definition) is 4. The van der Waals surface area contributed by atoms with E-state index in [0.717, 1.165) is 42.5 Å². The number of piperidine rings is 1. The molecule has 1 aliphatic rings. The van der Waals surface area contributed by atoms with Crippen molar-refractivity contribution in [3.8, 4) is 0 Å². The minimum absolute atomic E-state index is 0.125. The van der Waals surface area contributed by atoms with E-state index < -0.39 is 0 Å². The van der Waals surface area contributed by atoms with E-state index in [-0.39, 0.29) is 5.91 Å². The molecule has 0 bridgehead atoms. The van der Waals surface area contributed by atoms with Gasteiger partial charge in [-0.15, -0.1) is 0 Å². The van der Waals surface area contributed by atoms with Gasteiger partial charge in [0.15, 0.2) is 0 Å². The van der Waals surface area contributed by atoms with Gasteiger partial charge >= 0.3 is 0 Å². The maximum absolute atomic E-state index is 12.2. The lowest BCUT2D eigenvalue weighted by Gasteiger charge is -2.26. The fourth-order valence-electron chi connectivity index (χ4n) is 2.19. The zero-order valence-corrected chi connectivity index (χ0v) is 10.2. The van der Waals surface area contributed by atoms with E-state index >= 15 is 0 Å². The van der Waals surface area contributed by atoms with E-state index in [1.807, 2.05) is 23.1 Å². The first-order valence-electron chi connectivity index (χ1n) is 5.86. The van der Waals surface area contributed by atoms with Crippen molar-refractivity contribution in [1.82, 2.24) is 13.6 Å². The Morgan fingerprint density at radius 1 is 1.12 bits per heavy atom. The van der Waals surface area contributed by atoms with Gasteiger partial charge in [-0.3, -0.25) is 4.79 Å². The molecule has 1 amide bonds. The van der Waals surface area contributed by atoms with E-state index in [1.54, 1.807) is 0 Å². The summed E-state index contributed by atoms with van der Waals surface area (Å²) in [7, 11) is 0. The van der Waals surface area contributed by atoms with Crippen LogP contribution in [0.3, 0.4) is 0 Å². The zero-order valence-electron chi connectivity index (χ0n) is 9.43. The van der Waals surface area contributed by atoms with Crippen molar-refractivity contribution >= 4 is 28.7 Å². The van der Waals surface area contributed by atoms with Gasteiger partial charge in [0.2, 0.25) is 0 Å². The lowest BCUT2D eigenvalue weighted by Crippen LogP contribution is -2.35. The second-order valence-electron chi connectivity index (χ2n) is 4.32. The number of rotatable bonds is 1. The topological polar surface area (TPSA) is 46.1 Å². The summed E-state index contributed by atoms with van der Waals surface area (Å²) < 4.78 is 8.30. The molecule has 0 atom stereocenters. The molecule has 0 N–H and O–H groups in total. The van der Waals surface area contributed by atoms with Crippen LogP contribution in [-0.2, 0) is 0 Å². The van der Waals surface area contributed by atoms with Gasteiger partial charge in [-0.1, -0.05) is 0 Å². The molecular weight excluding hydrogens is 234 g/mol. The van der Waals surface area contributed by atoms with Gasteiger partial charge in [0.1, 0.15) is 11.0 Å². The summed E-state index contributed by atoms with van der Waals surface area (Å²) in [6.07, 6.45) is 3.47. The largest absolute Gasteiger partial charge is 0.339 e. The van der Waals surface area contributed by atoms with Crippen molar-refractivity contribution in [2.24, 2.45) is 0 Å². The highest BCUT2D eigenvalue weighted by molar-refractivity contribution is 7.00. The summed E-state index contributed by atoms with van der Waals surface area (Å²) in [6, 6.07) is 5.56. The molecule has 5 heteroatoms. The highest BCUT2D eigenvalue weighted by Crippen LogP contribution is 2.17. The molecule has 1 aromatic heterocycles. The third-order valence-electron chi connectivity index (χ3n) is 3.14. The Hall–Kier alpha value is -1.49. The van der Waals surface area contributed by atoms with Crippen LogP contribution in [0, 0.1) is 0 Å². The standard InChI is InChI=1S/C12H13N3OS/c16-12(15-6-2-1-3-7-15)9-4-5-10-11(8-9)14-17-13-10/h4-5,8H,1-3,6-7H2. The van der Waals surface area contributed by atoms with Crippen LogP contribution in [0.4, 0.5) is 0 Å². The van der Waals surface area contributed by atoms with Crippen molar-refractivity contribution in [2.75, 3.05) is 13.1 Å². The number of carbonyl (C=O) groups excluding carboxylic acids is 1. The van der Waals surface area contributed by atoms with Crippen molar-refractivity contribution < 1.29 is 4.79 Å². The van der Waals surface area contributed by atoms with Crippen molar-refractivity contribution in [3.05, 3.63) is 23.8 Å². The van der Waals surface area contributed by atoms with Gasteiger partial charge in [0.25, 0.3) is 5.91 Å². The SMILES string of the molecule is O=C(c1ccc2nsnc2c1)N1CCCCC1. The first-order valence-corrected chi connectivity index (χ1v) is 6.59. The van der Waals surface area contributed by atoms with Gasteiger partial charge in [-0.2, -0.15) is 8.75 Å². The van der Waals surface area contributed by atoms with E-state index in [1.165, 1.54) is 18.1 Å². The van der Waals surface area contributed by atoms with Crippen LogP contribution in [0.1, 0.15) is 29.6 Å². The molecule has 1 aliphatic heterocycles. The number of amides is 1. The summed E-state index contributed by atoms with van der Waals surface area (Å²) in [6.45, 7) is 1.76. The minimum atomic E-state index is 0.125. The molecule has 1 fully saturated rings. The number of benzene rings is 1. The van der Waals surface area contributed by atoms with Crippen LogP contribution in [-0.4, -0.2) is 32.6 Å². The van der Waals surface area contributed by atoms with Crippen LogP contribution >= 0.6 is 11.7 Å². The van der Waals surface area contributed by atoms with E-state index in [9.17, 15) is 4.79 Å². The van der Waals surface area contributed by atoms with Crippen LogP contribution in [0.5, 0.6) is 0 Å². The summed E-state index contributed by atoms with van der Waals surface area (Å²) in [4.78, 5) is 14.2. The molecule has 17 heavy (non-hydrogen) atoms. The molecule has 2 aromatic rings. The molecule has 3 rings (SSSR count). The van der Waals surface area contributed by atoms with Crippen molar-refractivity contribution in [3.63, 3.8) is 0 Å². The molecular formula is C12H13N3OS. The second-order valence-corrected chi connectivity index (χ2v) is 4.85. The third kappa shape index (κ3) is 2.02. The van der Waals surface area contributed by atoms with E-state index in [4.69, 9.17) is 0 Å². The molecule has 88 valence electrons. The average Bonchev–Trinajstić information content (AvgIpc) is 2.86. The molecule has 4 nitrogen and oxygen atoms in total. The predicted molar refractivity (Wildman–Crippen MR) is 67.2 cm³/mol. The zero-order chi connectivity index (χ0) is 11.7.